The molecule has 1 atom stereocenters. The highest BCUT2D eigenvalue weighted by Crippen LogP contribution is 2.33. The first-order chi connectivity index (χ1) is 8.99. The van der Waals surface area contributed by atoms with E-state index in [-0.39, 0.29) is 0 Å². The zero-order valence-electron chi connectivity index (χ0n) is 10.2. The van der Waals surface area contributed by atoms with Crippen molar-refractivity contribution in [2.24, 2.45) is 5.73 Å². The molecule has 0 amide bonds. The third-order valence-electron chi connectivity index (χ3n) is 2.59. The van der Waals surface area contributed by atoms with Crippen LogP contribution in [-0.2, 0) is 0 Å². The van der Waals surface area contributed by atoms with Gasteiger partial charge in [-0.3, -0.25) is 0 Å². The smallest absolute Gasteiger partial charge is 0.135 e. The lowest BCUT2D eigenvalue weighted by Gasteiger charge is -2.14. The van der Waals surface area contributed by atoms with Crippen LogP contribution >= 0.6 is 23.2 Å². The summed E-state index contributed by atoms with van der Waals surface area (Å²) in [5, 5.41) is 0.804. The van der Waals surface area contributed by atoms with Crippen LogP contribution in [-0.4, -0.2) is 0 Å². The number of hydrogen-bond acceptors (Lipinski definition) is 2. The van der Waals surface area contributed by atoms with Gasteiger partial charge in [-0.15, -0.1) is 0 Å². The second-order valence-electron chi connectivity index (χ2n) is 4.12. The maximum Gasteiger partial charge on any atom is 0.135 e. The molecule has 0 fully saturated rings. The molecule has 0 bridgehead atoms. The van der Waals surface area contributed by atoms with Crippen LogP contribution in [0.1, 0.15) is 18.5 Å². The fraction of sp³-hybridized carbons (Fsp3) is 0.143. The van der Waals surface area contributed by atoms with E-state index in [2.05, 4.69) is 0 Å². The van der Waals surface area contributed by atoms with Crippen LogP contribution in [0.3, 0.4) is 0 Å². The van der Waals surface area contributed by atoms with Gasteiger partial charge in [0.05, 0.1) is 10.0 Å². The normalized spacial score (nSPS) is 12.3. The lowest BCUT2D eigenvalue weighted by Crippen LogP contribution is -2.09. The van der Waals surface area contributed by atoms with E-state index in [9.17, 15) is 4.39 Å². The summed E-state index contributed by atoms with van der Waals surface area (Å²) in [6, 6.07) is 8.94. The van der Waals surface area contributed by atoms with E-state index in [1.165, 1.54) is 6.07 Å². The van der Waals surface area contributed by atoms with Gasteiger partial charge in [0, 0.05) is 17.7 Å². The Balaban J connectivity index is 2.38. The van der Waals surface area contributed by atoms with Crippen LogP contribution < -0.4 is 10.5 Å². The van der Waals surface area contributed by atoms with Gasteiger partial charge in [0.25, 0.3) is 0 Å². The third kappa shape index (κ3) is 3.18. The summed E-state index contributed by atoms with van der Waals surface area (Å²) in [5.74, 6) is 0.447. The van der Waals surface area contributed by atoms with Crippen molar-refractivity contribution in [3.05, 3.63) is 57.8 Å². The maximum atomic E-state index is 13.7. The number of benzene rings is 2. The first-order valence-corrected chi connectivity index (χ1v) is 6.41. The minimum atomic E-state index is -0.473. The molecule has 0 aliphatic rings. The van der Waals surface area contributed by atoms with Crippen LogP contribution in [0.25, 0.3) is 0 Å². The molecule has 0 spiro atoms. The Morgan fingerprint density at radius 2 is 1.89 bits per heavy atom. The molecule has 1 unspecified atom stereocenters. The summed E-state index contributed by atoms with van der Waals surface area (Å²) in [6.45, 7) is 1.69. The van der Waals surface area contributed by atoms with E-state index in [0.717, 1.165) is 0 Å². The molecular formula is C14H12Cl2FNO. The Labute approximate surface area is 120 Å². The van der Waals surface area contributed by atoms with Crippen molar-refractivity contribution in [3.8, 4) is 11.5 Å². The molecule has 2 rings (SSSR count). The van der Waals surface area contributed by atoms with Gasteiger partial charge in [0.2, 0.25) is 0 Å². The number of rotatable bonds is 3. The molecular weight excluding hydrogens is 288 g/mol. The molecule has 100 valence electrons. The van der Waals surface area contributed by atoms with Crippen molar-refractivity contribution in [2.45, 2.75) is 13.0 Å². The molecule has 0 aromatic heterocycles. The zero-order chi connectivity index (χ0) is 14.0. The van der Waals surface area contributed by atoms with E-state index in [1.807, 2.05) is 0 Å². The predicted octanol–water partition coefficient (Wildman–Crippen LogP) is 4.94. The van der Waals surface area contributed by atoms with Crippen LogP contribution in [0.4, 0.5) is 4.39 Å². The van der Waals surface area contributed by atoms with Crippen LogP contribution in [0.5, 0.6) is 11.5 Å². The predicted molar refractivity (Wildman–Crippen MR) is 75.5 cm³/mol. The van der Waals surface area contributed by atoms with Gasteiger partial charge >= 0.3 is 0 Å². The minimum absolute atomic E-state index is 0.327. The highest BCUT2D eigenvalue weighted by atomic mass is 35.5. The second-order valence-corrected chi connectivity index (χ2v) is 4.93. The Morgan fingerprint density at radius 1 is 1.16 bits per heavy atom. The first kappa shape index (κ1) is 14.1. The van der Waals surface area contributed by atoms with E-state index < -0.39 is 11.9 Å². The van der Waals surface area contributed by atoms with Crippen molar-refractivity contribution < 1.29 is 9.13 Å². The van der Waals surface area contributed by atoms with Crippen molar-refractivity contribution in [3.63, 3.8) is 0 Å². The molecule has 0 heterocycles. The van der Waals surface area contributed by atoms with Gasteiger partial charge in [0.15, 0.2) is 0 Å². The Morgan fingerprint density at radius 3 is 2.53 bits per heavy atom. The van der Waals surface area contributed by atoms with Crippen molar-refractivity contribution in [2.75, 3.05) is 0 Å². The lowest BCUT2D eigenvalue weighted by molar-refractivity contribution is 0.461. The molecule has 2 aromatic rings. The van der Waals surface area contributed by atoms with Gasteiger partial charge in [0.1, 0.15) is 17.3 Å². The number of nitrogens with two attached hydrogens (primary N) is 1. The van der Waals surface area contributed by atoms with Gasteiger partial charge < -0.3 is 10.5 Å². The fourth-order valence-electron chi connectivity index (χ4n) is 1.72. The van der Waals surface area contributed by atoms with Crippen LogP contribution in [0, 0.1) is 5.82 Å². The SMILES string of the molecule is CC(N)c1c(F)cccc1Oc1ccc(Cl)c(Cl)c1. The van der Waals surface area contributed by atoms with Crippen molar-refractivity contribution in [1.82, 2.24) is 0 Å². The maximum absolute atomic E-state index is 13.7. The Bertz CT molecular complexity index is 602. The van der Waals surface area contributed by atoms with Gasteiger partial charge in [-0.25, -0.2) is 4.39 Å². The average molecular weight is 300 g/mol. The van der Waals surface area contributed by atoms with Crippen LogP contribution in [0.15, 0.2) is 36.4 Å². The highest BCUT2D eigenvalue weighted by Gasteiger charge is 2.14. The van der Waals surface area contributed by atoms with E-state index in [0.29, 0.717) is 27.1 Å². The van der Waals surface area contributed by atoms with E-state index in [4.69, 9.17) is 33.7 Å². The monoisotopic (exact) mass is 299 g/mol. The molecule has 2 N–H and O–H groups in total. The van der Waals surface area contributed by atoms with E-state index >= 15 is 0 Å². The summed E-state index contributed by atoms with van der Waals surface area (Å²) < 4.78 is 19.4. The molecule has 0 saturated heterocycles. The third-order valence-corrected chi connectivity index (χ3v) is 3.33. The molecule has 0 aliphatic carbocycles. The quantitative estimate of drug-likeness (QED) is 0.871. The summed E-state index contributed by atoms with van der Waals surface area (Å²) in [7, 11) is 0. The average Bonchev–Trinajstić information content (AvgIpc) is 2.33. The van der Waals surface area contributed by atoms with Gasteiger partial charge in [-0.1, -0.05) is 29.3 Å². The molecule has 19 heavy (non-hydrogen) atoms. The van der Waals surface area contributed by atoms with Gasteiger partial charge in [-0.05, 0) is 31.2 Å². The summed E-state index contributed by atoms with van der Waals surface area (Å²) in [4.78, 5) is 0. The standard InChI is InChI=1S/C14H12Cl2FNO/c1-8(18)14-12(17)3-2-4-13(14)19-9-5-6-10(15)11(16)7-9/h2-8H,18H2,1H3. The zero-order valence-corrected chi connectivity index (χ0v) is 11.7. The number of hydrogen-bond donors (Lipinski definition) is 1. The van der Waals surface area contributed by atoms with E-state index in [1.54, 1.807) is 37.3 Å². The molecule has 2 aromatic carbocycles. The first-order valence-electron chi connectivity index (χ1n) is 5.66. The summed E-state index contributed by atoms with van der Waals surface area (Å²) in [6.07, 6.45) is 0. The second kappa shape index (κ2) is 5.78. The molecule has 0 saturated carbocycles. The van der Waals surface area contributed by atoms with Crippen molar-refractivity contribution >= 4 is 23.2 Å². The van der Waals surface area contributed by atoms with Gasteiger partial charge in [-0.2, -0.15) is 0 Å². The minimum Gasteiger partial charge on any atom is -0.457 e. The Hall–Kier alpha value is -1.29. The van der Waals surface area contributed by atoms with Crippen molar-refractivity contribution in [1.29, 1.82) is 0 Å². The molecule has 2 nitrogen and oxygen atoms in total. The molecule has 0 radical (unpaired) electrons. The summed E-state index contributed by atoms with van der Waals surface area (Å²) in [5.41, 5.74) is 6.08. The molecule has 0 aliphatic heterocycles. The largest absolute Gasteiger partial charge is 0.457 e. The number of ether oxygens (including phenoxy) is 1. The van der Waals surface area contributed by atoms with Crippen LogP contribution in [0.2, 0.25) is 10.0 Å². The lowest BCUT2D eigenvalue weighted by atomic mass is 10.1. The fourth-order valence-corrected chi connectivity index (χ4v) is 2.00. The topological polar surface area (TPSA) is 35.2 Å². The Kier molecular flexibility index (Phi) is 4.30. The number of halogens is 3. The summed E-state index contributed by atoms with van der Waals surface area (Å²) >= 11 is 11.7. The highest BCUT2D eigenvalue weighted by molar-refractivity contribution is 6.42. The molecule has 5 heteroatoms.